The Morgan fingerprint density at radius 3 is 2.25 bits per heavy atom. The smallest absolute Gasteiger partial charge is 0.323 e. The molecule has 0 aliphatic rings. The van der Waals surface area contributed by atoms with E-state index >= 15 is 0 Å². The topological polar surface area (TPSA) is 72.5 Å². The maximum atomic E-state index is 13.9. The van der Waals surface area contributed by atoms with Gasteiger partial charge in [-0.25, -0.2) is 13.6 Å². The molecule has 32 heavy (non-hydrogen) atoms. The predicted molar refractivity (Wildman–Crippen MR) is 119 cm³/mol. The van der Waals surface area contributed by atoms with Gasteiger partial charge in [-0.05, 0) is 23.8 Å². The molecule has 1 aromatic heterocycles. The van der Waals surface area contributed by atoms with Gasteiger partial charge in [-0.1, -0.05) is 30.3 Å². The van der Waals surface area contributed by atoms with Crippen LogP contribution in [-0.4, -0.2) is 25.2 Å². The number of urea groups is 1. The maximum absolute atomic E-state index is 13.9. The Kier molecular flexibility index (Phi) is 5.85. The van der Waals surface area contributed by atoms with Crippen LogP contribution >= 0.6 is 0 Å². The second kappa shape index (κ2) is 8.89. The van der Waals surface area contributed by atoms with Gasteiger partial charge >= 0.3 is 6.03 Å². The summed E-state index contributed by atoms with van der Waals surface area (Å²) in [4.78, 5) is 17.0. The van der Waals surface area contributed by atoms with Crippen molar-refractivity contribution in [2.24, 2.45) is 0 Å². The molecule has 0 atom stereocenters. The molecule has 4 rings (SSSR count). The van der Waals surface area contributed by atoms with Crippen LogP contribution < -0.4 is 20.1 Å². The first kappa shape index (κ1) is 21.0. The molecule has 3 aromatic carbocycles. The fourth-order valence-electron chi connectivity index (χ4n) is 3.40. The van der Waals surface area contributed by atoms with Crippen molar-refractivity contribution in [2.75, 3.05) is 24.9 Å². The van der Waals surface area contributed by atoms with Crippen LogP contribution in [0.3, 0.4) is 0 Å². The van der Waals surface area contributed by atoms with Crippen molar-refractivity contribution in [3.8, 4) is 22.6 Å². The minimum atomic E-state index is -0.878. The number of carbonyl (C=O) groups excluding carboxylic acids is 1. The Morgan fingerprint density at radius 2 is 1.56 bits per heavy atom. The van der Waals surface area contributed by atoms with E-state index in [0.717, 1.165) is 23.1 Å². The molecular formula is C24H19F2N3O3. The van der Waals surface area contributed by atoms with Crippen molar-refractivity contribution in [2.45, 2.75) is 0 Å². The first-order valence-electron chi connectivity index (χ1n) is 9.63. The lowest BCUT2D eigenvalue weighted by Gasteiger charge is -2.16. The van der Waals surface area contributed by atoms with Gasteiger partial charge in [0, 0.05) is 23.1 Å². The molecule has 6 nitrogen and oxygen atoms in total. The molecule has 4 aromatic rings. The van der Waals surface area contributed by atoms with Gasteiger partial charge in [-0.3, -0.25) is 4.98 Å². The number of pyridine rings is 1. The van der Waals surface area contributed by atoms with Crippen LogP contribution in [0.15, 0.2) is 66.9 Å². The van der Waals surface area contributed by atoms with Crippen molar-refractivity contribution >= 4 is 28.3 Å². The van der Waals surface area contributed by atoms with Crippen molar-refractivity contribution in [3.05, 3.63) is 78.5 Å². The highest BCUT2D eigenvalue weighted by atomic mass is 19.1. The summed E-state index contributed by atoms with van der Waals surface area (Å²) in [6, 6.07) is 15.2. The average Bonchev–Trinajstić information content (AvgIpc) is 2.80. The minimum absolute atomic E-state index is 0.148. The number of nitrogens with zero attached hydrogens (tertiary/aromatic N) is 1. The molecule has 0 saturated carbocycles. The van der Waals surface area contributed by atoms with Gasteiger partial charge in [-0.2, -0.15) is 0 Å². The van der Waals surface area contributed by atoms with Crippen molar-refractivity contribution < 1.29 is 23.0 Å². The highest BCUT2D eigenvalue weighted by Crippen LogP contribution is 2.39. The fraction of sp³-hybridized carbons (Fsp3) is 0.0833. The van der Waals surface area contributed by atoms with Gasteiger partial charge in [0.15, 0.2) is 11.5 Å². The SMILES string of the molecule is COc1cc2ncc(NC(=O)Nc3ccc(F)cc3F)c(-c3ccccc3)c2cc1OC. The van der Waals surface area contributed by atoms with Gasteiger partial charge in [0.25, 0.3) is 0 Å². The second-order valence-corrected chi connectivity index (χ2v) is 6.84. The summed E-state index contributed by atoms with van der Waals surface area (Å²) in [5.41, 5.74) is 2.42. The third-order valence-corrected chi connectivity index (χ3v) is 4.86. The number of aromatic nitrogens is 1. The molecule has 0 bridgehead atoms. The second-order valence-electron chi connectivity index (χ2n) is 6.84. The molecule has 0 aliphatic heterocycles. The summed E-state index contributed by atoms with van der Waals surface area (Å²) < 4.78 is 37.9. The molecular weight excluding hydrogens is 416 g/mol. The number of rotatable bonds is 5. The van der Waals surface area contributed by atoms with Crippen LogP contribution in [0.5, 0.6) is 11.5 Å². The zero-order chi connectivity index (χ0) is 22.7. The van der Waals surface area contributed by atoms with E-state index in [1.54, 1.807) is 12.1 Å². The van der Waals surface area contributed by atoms with Gasteiger partial charge in [0.2, 0.25) is 0 Å². The quantitative estimate of drug-likeness (QED) is 0.413. The highest BCUT2D eigenvalue weighted by Gasteiger charge is 2.17. The molecule has 0 unspecified atom stereocenters. The number of hydrogen-bond donors (Lipinski definition) is 2. The summed E-state index contributed by atoms with van der Waals surface area (Å²) in [7, 11) is 3.07. The third-order valence-electron chi connectivity index (χ3n) is 4.86. The number of ether oxygens (including phenoxy) is 2. The number of anilines is 2. The molecule has 0 fully saturated rings. The van der Waals surface area contributed by atoms with E-state index in [1.165, 1.54) is 20.4 Å². The minimum Gasteiger partial charge on any atom is -0.493 e. The molecule has 8 heteroatoms. The lowest BCUT2D eigenvalue weighted by atomic mass is 9.99. The van der Waals surface area contributed by atoms with Crippen LogP contribution in [0.2, 0.25) is 0 Å². The van der Waals surface area contributed by atoms with E-state index in [-0.39, 0.29) is 5.69 Å². The number of amides is 2. The number of methoxy groups -OCH3 is 2. The third kappa shape index (κ3) is 4.15. The van der Waals surface area contributed by atoms with Crippen LogP contribution in [0.4, 0.5) is 25.0 Å². The Labute approximate surface area is 182 Å². The van der Waals surface area contributed by atoms with Crippen LogP contribution in [0.1, 0.15) is 0 Å². The molecule has 0 saturated heterocycles. The number of fused-ring (bicyclic) bond motifs is 1. The van der Waals surface area contributed by atoms with Gasteiger partial charge in [0.05, 0.1) is 37.3 Å². The summed E-state index contributed by atoms with van der Waals surface area (Å²) >= 11 is 0. The van der Waals surface area contributed by atoms with E-state index in [0.29, 0.717) is 34.3 Å². The van der Waals surface area contributed by atoms with Gasteiger partial charge < -0.3 is 20.1 Å². The summed E-state index contributed by atoms with van der Waals surface area (Å²) in [6.07, 6.45) is 1.51. The van der Waals surface area contributed by atoms with Gasteiger partial charge in [0.1, 0.15) is 11.6 Å². The van der Waals surface area contributed by atoms with Crippen molar-refractivity contribution in [3.63, 3.8) is 0 Å². The van der Waals surface area contributed by atoms with E-state index in [2.05, 4.69) is 15.6 Å². The standard InChI is InChI=1S/C24H19F2N3O3/c1-31-21-11-16-19(12-22(21)32-2)27-13-20(23(16)14-6-4-3-5-7-14)29-24(30)28-18-9-8-15(25)10-17(18)26/h3-13H,1-2H3,(H2,28,29,30). The summed E-state index contributed by atoms with van der Waals surface area (Å²) in [5, 5.41) is 5.82. The lowest BCUT2D eigenvalue weighted by Crippen LogP contribution is -2.20. The van der Waals surface area contributed by atoms with E-state index in [9.17, 15) is 13.6 Å². The van der Waals surface area contributed by atoms with Crippen LogP contribution in [0, 0.1) is 11.6 Å². The molecule has 162 valence electrons. The first-order chi connectivity index (χ1) is 15.5. The molecule has 1 heterocycles. The van der Waals surface area contributed by atoms with Crippen molar-refractivity contribution in [1.82, 2.24) is 4.98 Å². The zero-order valence-corrected chi connectivity index (χ0v) is 17.3. The Hall–Kier alpha value is -4.20. The molecule has 2 amide bonds. The fourth-order valence-corrected chi connectivity index (χ4v) is 3.40. The van der Waals surface area contributed by atoms with E-state index < -0.39 is 17.7 Å². The number of nitrogens with one attached hydrogen (secondary N) is 2. The van der Waals surface area contributed by atoms with E-state index in [1.807, 2.05) is 30.3 Å². The largest absolute Gasteiger partial charge is 0.493 e. The molecule has 0 spiro atoms. The van der Waals surface area contributed by atoms with Crippen LogP contribution in [-0.2, 0) is 0 Å². The monoisotopic (exact) mass is 435 g/mol. The number of benzene rings is 3. The zero-order valence-electron chi connectivity index (χ0n) is 17.3. The Morgan fingerprint density at radius 1 is 0.875 bits per heavy atom. The molecule has 0 aliphatic carbocycles. The number of carbonyl (C=O) groups is 1. The number of hydrogen-bond acceptors (Lipinski definition) is 4. The van der Waals surface area contributed by atoms with Crippen LogP contribution in [0.25, 0.3) is 22.0 Å². The maximum Gasteiger partial charge on any atom is 0.323 e. The average molecular weight is 435 g/mol. The lowest BCUT2D eigenvalue weighted by molar-refractivity contribution is 0.262. The highest BCUT2D eigenvalue weighted by molar-refractivity contribution is 6.08. The molecule has 2 N–H and O–H groups in total. The normalized spacial score (nSPS) is 10.6. The Balaban J connectivity index is 1.79. The summed E-state index contributed by atoms with van der Waals surface area (Å²) in [5.74, 6) is -0.578. The van der Waals surface area contributed by atoms with E-state index in [4.69, 9.17) is 9.47 Å². The first-order valence-corrected chi connectivity index (χ1v) is 9.63. The van der Waals surface area contributed by atoms with Gasteiger partial charge in [-0.15, -0.1) is 0 Å². The number of halogens is 2. The molecule has 0 radical (unpaired) electrons. The predicted octanol–water partition coefficient (Wildman–Crippen LogP) is 5.84. The summed E-state index contributed by atoms with van der Waals surface area (Å²) in [6.45, 7) is 0. The van der Waals surface area contributed by atoms with Crippen molar-refractivity contribution in [1.29, 1.82) is 0 Å². The Bertz CT molecular complexity index is 1300.